The molecule has 0 saturated heterocycles. The van der Waals surface area contributed by atoms with Gasteiger partial charge in [-0.2, -0.15) is 0 Å². The molecule has 0 nitrogen and oxygen atoms in total. The Morgan fingerprint density at radius 1 is 0.318 bits per heavy atom. The van der Waals surface area contributed by atoms with Gasteiger partial charge in [-0.05, 0) is 55.2 Å². The smallest absolute Gasteiger partial charge is 0.00926 e. The summed E-state index contributed by atoms with van der Waals surface area (Å²) >= 11 is 0. The first kappa shape index (κ1) is 11.8. The predicted octanol–water partition coefficient (Wildman–Crippen LogP) is 6.30. The third-order valence-corrected chi connectivity index (χ3v) is 4.61. The highest BCUT2D eigenvalue weighted by Gasteiger charge is 2.08. The Morgan fingerprint density at radius 2 is 0.636 bits per heavy atom. The van der Waals surface area contributed by atoms with Gasteiger partial charge in [0.2, 0.25) is 0 Å². The van der Waals surface area contributed by atoms with Crippen molar-refractivity contribution in [2.75, 3.05) is 0 Å². The van der Waals surface area contributed by atoms with Gasteiger partial charge in [0.1, 0.15) is 0 Å². The summed E-state index contributed by atoms with van der Waals surface area (Å²) in [6.07, 6.45) is 0. The van der Waals surface area contributed by atoms with E-state index in [1.807, 2.05) is 0 Å². The van der Waals surface area contributed by atoms with E-state index in [4.69, 9.17) is 0 Å². The summed E-state index contributed by atoms with van der Waals surface area (Å²) in [5, 5.41) is 10.6. The molecule has 0 unspecified atom stereocenters. The minimum atomic E-state index is 1.30. The average Bonchev–Trinajstić information content (AvgIpc) is 2.61. The third-order valence-electron chi connectivity index (χ3n) is 4.61. The molecule has 5 aromatic rings. The van der Waals surface area contributed by atoms with Crippen molar-refractivity contribution in [3.63, 3.8) is 0 Å². The molecule has 0 bridgehead atoms. The van der Waals surface area contributed by atoms with Crippen LogP contribution in [0.25, 0.3) is 43.1 Å². The van der Waals surface area contributed by atoms with Crippen molar-refractivity contribution >= 4 is 43.1 Å². The lowest BCUT2D eigenvalue weighted by Crippen LogP contribution is -1.83. The zero-order valence-electron chi connectivity index (χ0n) is 12.1. The summed E-state index contributed by atoms with van der Waals surface area (Å²) in [6, 6.07) is 30.7. The van der Waals surface area contributed by atoms with Crippen LogP contribution in [0.15, 0.2) is 84.9 Å². The first-order valence-electron chi connectivity index (χ1n) is 7.64. The fourth-order valence-corrected chi connectivity index (χ4v) is 3.59. The highest BCUT2D eigenvalue weighted by molar-refractivity contribution is 6.27. The first-order chi connectivity index (χ1) is 10.9. The summed E-state index contributed by atoms with van der Waals surface area (Å²) in [4.78, 5) is 0. The van der Waals surface area contributed by atoms with E-state index in [1.165, 1.54) is 43.1 Å². The second-order valence-electron chi connectivity index (χ2n) is 5.84. The molecule has 0 spiro atoms. The lowest BCUT2D eigenvalue weighted by atomic mass is 9.92. The molecule has 0 atom stereocenters. The van der Waals surface area contributed by atoms with Crippen molar-refractivity contribution in [1.29, 1.82) is 0 Å². The lowest BCUT2D eigenvalue weighted by molar-refractivity contribution is 1.78. The molecule has 0 aliphatic rings. The van der Waals surface area contributed by atoms with E-state index in [-0.39, 0.29) is 0 Å². The lowest BCUT2D eigenvalue weighted by Gasteiger charge is -2.11. The van der Waals surface area contributed by atoms with Crippen molar-refractivity contribution in [2.24, 2.45) is 0 Å². The van der Waals surface area contributed by atoms with Crippen LogP contribution < -0.4 is 0 Å². The van der Waals surface area contributed by atoms with Crippen LogP contribution in [0.1, 0.15) is 0 Å². The van der Waals surface area contributed by atoms with Crippen molar-refractivity contribution in [3.8, 4) is 0 Å². The van der Waals surface area contributed by atoms with Gasteiger partial charge in [0.25, 0.3) is 0 Å². The quantitative estimate of drug-likeness (QED) is 0.230. The fourth-order valence-electron chi connectivity index (χ4n) is 3.59. The summed E-state index contributed by atoms with van der Waals surface area (Å²) in [5.74, 6) is 0. The predicted molar refractivity (Wildman–Crippen MR) is 96.5 cm³/mol. The van der Waals surface area contributed by atoms with Crippen LogP contribution >= 0.6 is 0 Å². The van der Waals surface area contributed by atoms with Gasteiger partial charge in [0.05, 0.1) is 0 Å². The molecule has 102 valence electrons. The molecule has 5 rings (SSSR count). The Bertz CT molecular complexity index is 1070. The Labute approximate surface area is 128 Å². The average molecular weight is 278 g/mol. The summed E-state index contributed by atoms with van der Waals surface area (Å²) in [6.45, 7) is 0. The van der Waals surface area contributed by atoms with Crippen molar-refractivity contribution in [2.45, 2.75) is 0 Å². The van der Waals surface area contributed by atoms with Crippen molar-refractivity contribution in [3.05, 3.63) is 84.9 Å². The Hall–Kier alpha value is -2.86. The van der Waals surface area contributed by atoms with Gasteiger partial charge in [-0.3, -0.25) is 0 Å². The van der Waals surface area contributed by atoms with E-state index >= 15 is 0 Å². The van der Waals surface area contributed by atoms with E-state index in [0.29, 0.717) is 0 Å². The number of rotatable bonds is 0. The van der Waals surface area contributed by atoms with Gasteiger partial charge >= 0.3 is 0 Å². The molecule has 5 aromatic carbocycles. The molecule has 0 amide bonds. The van der Waals surface area contributed by atoms with Crippen LogP contribution in [0.4, 0.5) is 0 Å². The zero-order valence-corrected chi connectivity index (χ0v) is 12.1. The monoisotopic (exact) mass is 278 g/mol. The number of hydrogen-bond donors (Lipinski definition) is 0. The normalized spacial score (nSPS) is 11.6. The van der Waals surface area contributed by atoms with Gasteiger partial charge in [-0.25, -0.2) is 0 Å². The van der Waals surface area contributed by atoms with Crippen molar-refractivity contribution in [1.82, 2.24) is 0 Å². The number of hydrogen-bond acceptors (Lipinski definition) is 0. The Morgan fingerprint density at radius 3 is 1.05 bits per heavy atom. The molecule has 0 heteroatoms. The molecule has 0 radical (unpaired) electrons. The molecule has 0 aromatic heterocycles. The molecular formula is C22H14. The van der Waals surface area contributed by atoms with Crippen LogP contribution in [0.2, 0.25) is 0 Å². The third kappa shape index (κ3) is 1.52. The SMILES string of the molecule is c1ccc2cc3c4ccccc4c4ccccc4c3cc2c1. The van der Waals surface area contributed by atoms with E-state index < -0.39 is 0 Å². The minimum Gasteiger partial charge on any atom is -0.0616 e. The first-order valence-corrected chi connectivity index (χ1v) is 7.64. The maximum absolute atomic E-state index is 2.33. The van der Waals surface area contributed by atoms with E-state index in [0.717, 1.165) is 0 Å². The van der Waals surface area contributed by atoms with E-state index in [9.17, 15) is 0 Å². The zero-order chi connectivity index (χ0) is 14.5. The maximum Gasteiger partial charge on any atom is -0.00926 e. The summed E-state index contributed by atoms with van der Waals surface area (Å²) < 4.78 is 0. The molecule has 0 N–H and O–H groups in total. The van der Waals surface area contributed by atoms with Crippen LogP contribution in [0, 0.1) is 0 Å². The van der Waals surface area contributed by atoms with Crippen LogP contribution in [-0.4, -0.2) is 0 Å². The van der Waals surface area contributed by atoms with E-state index in [1.54, 1.807) is 0 Å². The van der Waals surface area contributed by atoms with Gasteiger partial charge in [-0.1, -0.05) is 72.8 Å². The van der Waals surface area contributed by atoms with Gasteiger partial charge < -0.3 is 0 Å². The van der Waals surface area contributed by atoms with Gasteiger partial charge in [0, 0.05) is 0 Å². The largest absolute Gasteiger partial charge is 0.0616 e. The van der Waals surface area contributed by atoms with Gasteiger partial charge in [0.15, 0.2) is 0 Å². The topological polar surface area (TPSA) is 0 Å². The molecule has 0 aliphatic heterocycles. The van der Waals surface area contributed by atoms with Crippen molar-refractivity contribution < 1.29 is 0 Å². The maximum atomic E-state index is 2.33. The fraction of sp³-hybridized carbons (Fsp3) is 0. The minimum absolute atomic E-state index is 1.30. The molecular weight excluding hydrogens is 264 g/mol. The summed E-state index contributed by atoms with van der Waals surface area (Å²) in [7, 11) is 0. The highest BCUT2D eigenvalue weighted by atomic mass is 14.1. The molecule has 0 heterocycles. The standard InChI is InChI=1S/C22H14/c1-2-8-16-14-22-20-12-6-4-10-18(20)17-9-3-5-11-19(17)21(22)13-15(16)7-1/h1-14H. The summed E-state index contributed by atoms with van der Waals surface area (Å²) in [5.41, 5.74) is 0. The van der Waals surface area contributed by atoms with E-state index in [2.05, 4.69) is 84.9 Å². The Kier molecular flexibility index (Phi) is 2.31. The second-order valence-corrected chi connectivity index (χ2v) is 5.84. The molecule has 0 fully saturated rings. The number of benzene rings is 5. The molecule has 22 heavy (non-hydrogen) atoms. The Balaban J connectivity index is 2.17. The van der Waals surface area contributed by atoms with Gasteiger partial charge in [-0.15, -0.1) is 0 Å². The highest BCUT2D eigenvalue weighted by Crippen LogP contribution is 2.36. The molecule has 0 saturated carbocycles. The number of fused-ring (bicyclic) bond motifs is 7. The molecule has 0 aliphatic carbocycles. The van der Waals surface area contributed by atoms with Crippen LogP contribution in [0.3, 0.4) is 0 Å². The second kappa shape index (κ2) is 4.32. The van der Waals surface area contributed by atoms with Crippen LogP contribution in [0.5, 0.6) is 0 Å². The van der Waals surface area contributed by atoms with Crippen LogP contribution in [-0.2, 0) is 0 Å².